The number of para-hydroxylation sites is 1. The number of thiocarbonyl (C=S) groups is 1. The molecule has 0 unspecified atom stereocenters. The van der Waals surface area contributed by atoms with Crippen molar-refractivity contribution in [2.75, 3.05) is 6.61 Å². The number of hydrogen-bond donors (Lipinski definition) is 0. The summed E-state index contributed by atoms with van der Waals surface area (Å²) in [7, 11) is 0. The number of ether oxygens (including phenoxy) is 1. The van der Waals surface area contributed by atoms with E-state index in [2.05, 4.69) is 55.8 Å². The third-order valence-corrected chi connectivity index (χ3v) is 7.86. The molecule has 1 fully saturated rings. The van der Waals surface area contributed by atoms with E-state index < -0.39 is 0 Å². The first-order valence-corrected chi connectivity index (χ1v) is 13.6. The third-order valence-electron chi connectivity index (χ3n) is 6.48. The van der Waals surface area contributed by atoms with Crippen molar-refractivity contribution in [3.8, 4) is 5.75 Å². The molecule has 6 heteroatoms. The number of carbonyl (C=O) groups is 1. The Hall–Kier alpha value is -3.35. The van der Waals surface area contributed by atoms with Crippen molar-refractivity contribution in [1.29, 1.82) is 0 Å². The standard InChI is InChI=1S/C31H30N2O2S2/c1-31(2,3)24-13-15-25(16-14-24)35-18-17-32-21-23(26-11-7-8-12-27(26)32)19-28-29(34)33(30(36)37-28)20-22-9-5-4-6-10-22/h4-16,19,21H,17-18,20H2,1-3H3/b28-19-. The fourth-order valence-corrected chi connectivity index (χ4v) is 5.68. The van der Waals surface area contributed by atoms with E-state index in [1.165, 1.54) is 17.3 Å². The lowest BCUT2D eigenvalue weighted by molar-refractivity contribution is -0.122. The third kappa shape index (κ3) is 5.65. The predicted molar refractivity (Wildman–Crippen MR) is 158 cm³/mol. The number of rotatable bonds is 7. The Labute approximate surface area is 227 Å². The summed E-state index contributed by atoms with van der Waals surface area (Å²) in [6.45, 7) is 8.35. The molecule has 0 radical (unpaired) electrons. The zero-order valence-corrected chi connectivity index (χ0v) is 22.9. The molecule has 37 heavy (non-hydrogen) atoms. The Balaban J connectivity index is 1.32. The van der Waals surface area contributed by atoms with Gasteiger partial charge in [0.1, 0.15) is 16.7 Å². The summed E-state index contributed by atoms with van der Waals surface area (Å²) in [6.07, 6.45) is 4.07. The van der Waals surface area contributed by atoms with E-state index in [9.17, 15) is 4.79 Å². The quantitative estimate of drug-likeness (QED) is 0.185. The van der Waals surface area contributed by atoms with Crippen molar-refractivity contribution in [3.05, 3.63) is 107 Å². The first-order chi connectivity index (χ1) is 17.8. The van der Waals surface area contributed by atoms with Crippen LogP contribution in [0.25, 0.3) is 17.0 Å². The van der Waals surface area contributed by atoms with E-state index in [1.807, 2.05) is 60.7 Å². The summed E-state index contributed by atoms with van der Waals surface area (Å²) in [5, 5.41) is 1.10. The normalized spacial score (nSPS) is 15.2. The monoisotopic (exact) mass is 526 g/mol. The predicted octanol–water partition coefficient (Wildman–Crippen LogP) is 7.42. The first-order valence-electron chi connectivity index (χ1n) is 12.4. The Kier molecular flexibility index (Phi) is 7.22. The second kappa shape index (κ2) is 10.6. The maximum absolute atomic E-state index is 13.2. The molecule has 1 amide bonds. The molecule has 1 aliphatic rings. The molecule has 0 N–H and O–H groups in total. The molecule has 3 aromatic carbocycles. The molecule has 1 aromatic heterocycles. The summed E-state index contributed by atoms with van der Waals surface area (Å²) in [4.78, 5) is 15.5. The zero-order chi connectivity index (χ0) is 26.0. The Morgan fingerprint density at radius 3 is 2.38 bits per heavy atom. The lowest BCUT2D eigenvalue weighted by Crippen LogP contribution is -2.27. The van der Waals surface area contributed by atoms with Gasteiger partial charge in [-0.25, -0.2) is 0 Å². The molecule has 1 aliphatic heterocycles. The van der Waals surface area contributed by atoms with Gasteiger partial charge in [-0.15, -0.1) is 0 Å². The second-order valence-electron chi connectivity index (χ2n) is 10.2. The van der Waals surface area contributed by atoms with Gasteiger partial charge in [0.25, 0.3) is 5.91 Å². The van der Waals surface area contributed by atoms with Crippen LogP contribution >= 0.6 is 24.0 Å². The van der Waals surface area contributed by atoms with E-state index >= 15 is 0 Å². The number of hydrogen-bond acceptors (Lipinski definition) is 4. The van der Waals surface area contributed by atoms with Crippen molar-refractivity contribution in [3.63, 3.8) is 0 Å². The molecular formula is C31H30N2O2S2. The first kappa shape index (κ1) is 25.3. The summed E-state index contributed by atoms with van der Waals surface area (Å²) >= 11 is 6.92. The molecule has 2 heterocycles. The van der Waals surface area contributed by atoms with Crippen LogP contribution in [0.15, 0.2) is 90.0 Å². The zero-order valence-electron chi connectivity index (χ0n) is 21.3. The van der Waals surface area contributed by atoms with Crippen molar-refractivity contribution in [1.82, 2.24) is 9.47 Å². The van der Waals surface area contributed by atoms with Crippen molar-refractivity contribution >= 4 is 51.2 Å². The number of amides is 1. The Morgan fingerprint density at radius 2 is 1.65 bits per heavy atom. The van der Waals surface area contributed by atoms with Gasteiger partial charge in [-0.2, -0.15) is 0 Å². The highest BCUT2D eigenvalue weighted by Gasteiger charge is 2.32. The van der Waals surface area contributed by atoms with Crippen LogP contribution in [0.4, 0.5) is 0 Å². The van der Waals surface area contributed by atoms with Gasteiger partial charge < -0.3 is 9.30 Å². The maximum atomic E-state index is 13.2. The molecule has 0 bridgehead atoms. The van der Waals surface area contributed by atoms with E-state index in [-0.39, 0.29) is 11.3 Å². The van der Waals surface area contributed by atoms with Gasteiger partial charge in [0.15, 0.2) is 0 Å². The molecule has 4 nitrogen and oxygen atoms in total. The highest BCUT2D eigenvalue weighted by molar-refractivity contribution is 8.26. The topological polar surface area (TPSA) is 34.5 Å². The van der Waals surface area contributed by atoms with Crippen LogP contribution in [0, 0.1) is 0 Å². The molecule has 188 valence electrons. The average molecular weight is 527 g/mol. The van der Waals surface area contributed by atoms with Crippen molar-refractivity contribution in [2.45, 2.75) is 39.3 Å². The number of fused-ring (bicyclic) bond motifs is 1. The Bertz CT molecular complexity index is 1460. The van der Waals surface area contributed by atoms with Gasteiger partial charge in [0.2, 0.25) is 0 Å². The molecule has 4 aromatic rings. The largest absolute Gasteiger partial charge is 0.492 e. The van der Waals surface area contributed by atoms with Gasteiger partial charge in [-0.1, -0.05) is 105 Å². The van der Waals surface area contributed by atoms with Gasteiger partial charge >= 0.3 is 0 Å². The molecule has 0 spiro atoms. The van der Waals surface area contributed by atoms with Gasteiger partial charge in [0, 0.05) is 22.7 Å². The number of thioether (sulfide) groups is 1. The van der Waals surface area contributed by atoms with Crippen LogP contribution in [0.1, 0.15) is 37.5 Å². The maximum Gasteiger partial charge on any atom is 0.266 e. The van der Waals surface area contributed by atoms with Gasteiger partial charge in [-0.05, 0) is 40.8 Å². The van der Waals surface area contributed by atoms with Crippen LogP contribution in [0.3, 0.4) is 0 Å². The van der Waals surface area contributed by atoms with E-state index in [0.717, 1.165) is 27.8 Å². The van der Waals surface area contributed by atoms with Crippen molar-refractivity contribution < 1.29 is 9.53 Å². The molecule has 0 atom stereocenters. The second-order valence-corrected chi connectivity index (χ2v) is 11.8. The van der Waals surface area contributed by atoms with E-state index in [0.29, 0.717) is 28.9 Å². The van der Waals surface area contributed by atoms with Crippen LogP contribution in [0.2, 0.25) is 0 Å². The minimum atomic E-state index is -0.0438. The molecule has 0 aliphatic carbocycles. The fourth-order valence-electron chi connectivity index (χ4n) is 4.43. The molecule has 1 saturated heterocycles. The average Bonchev–Trinajstić information content (AvgIpc) is 3.36. The van der Waals surface area contributed by atoms with Crippen LogP contribution in [0.5, 0.6) is 5.75 Å². The summed E-state index contributed by atoms with van der Waals surface area (Å²) in [6, 6.07) is 26.5. The minimum Gasteiger partial charge on any atom is -0.492 e. The highest BCUT2D eigenvalue weighted by atomic mass is 32.2. The van der Waals surface area contributed by atoms with Gasteiger partial charge in [0.05, 0.1) is 18.0 Å². The summed E-state index contributed by atoms with van der Waals surface area (Å²) in [5.74, 6) is 0.824. The number of aromatic nitrogens is 1. The summed E-state index contributed by atoms with van der Waals surface area (Å²) in [5.41, 5.74) is 4.58. The number of nitrogens with zero attached hydrogens (tertiary/aromatic N) is 2. The minimum absolute atomic E-state index is 0.0438. The molecule has 5 rings (SSSR count). The van der Waals surface area contributed by atoms with Crippen LogP contribution < -0.4 is 4.74 Å². The smallest absolute Gasteiger partial charge is 0.266 e. The number of benzene rings is 3. The van der Waals surface area contributed by atoms with Crippen LogP contribution in [-0.2, 0) is 23.3 Å². The summed E-state index contributed by atoms with van der Waals surface area (Å²) < 4.78 is 8.83. The van der Waals surface area contributed by atoms with Crippen molar-refractivity contribution in [2.24, 2.45) is 0 Å². The Morgan fingerprint density at radius 1 is 0.946 bits per heavy atom. The van der Waals surface area contributed by atoms with Crippen LogP contribution in [-0.4, -0.2) is 26.3 Å². The highest BCUT2D eigenvalue weighted by Crippen LogP contribution is 2.35. The fraction of sp³-hybridized carbons (Fsp3) is 0.226. The van der Waals surface area contributed by atoms with E-state index in [1.54, 1.807) is 4.90 Å². The SMILES string of the molecule is CC(C)(C)c1ccc(OCCn2cc(/C=C3\SC(=S)N(Cc4ccccc4)C3=O)c3ccccc32)cc1. The number of carbonyl (C=O) groups excluding carboxylic acids is 1. The lowest BCUT2D eigenvalue weighted by atomic mass is 9.87. The van der Waals surface area contributed by atoms with E-state index in [4.69, 9.17) is 17.0 Å². The lowest BCUT2D eigenvalue weighted by Gasteiger charge is -2.19. The van der Waals surface area contributed by atoms with Gasteiger partial charge in [-0.3, -0.25) is 9.69 Å². The molecular weight excluding hydrogens is 496 g/mol. The molecule has 0 saturated carbocycles.